The van der Waals surface area contributed by atoms with Crippen molar-refractivity contribution in [2.75, 3.05) is 0 Å². The van der Waals surface area contributed by atoms with Gasteiger partial charge >= 0.3 is 11.9 Å². The molecule has 0 atom stereocenters. The molecule has 0 bridgehead atoms. The smallest absolute Gasteiger partial charge is 0.441 e. The van der Waals surface area contributed by atoms with Gasteiger partial charge < -0.3 is 14.9 Å². The zero-order valence-corrected chi connectivity index (χ0v) is 6.71. The predicted octanol–water partition coefficient (Wildman–Crippen LogP) is -0.293. The molecule has 70 valence electrons. The van der Waals surface area contributed by atoms with Gasteiger partial charge in [-0.1, -0.05) is 4.98 Å². The van der Waals surface area contributed by atoms with Gasteiger partial charge in [0, 0.05) is 12.0 Å². The van der Waals surface area contributed by atoms with E-state index in [-0.39, 0.29) is 6.73 Å². The van der Waals surface area contributed by atoms with E-state index in [9.17, 15) is 14.9 Å². The van der Waals surface area contributed by atoms with Crippen LogP contribution in [0.3, 0.4) is 0 Å². The van der Waals surface area contributed by atoms with Crippen LogP contribution in [0, 0.1) is 10.1 Å². The van der Waals surface area contributed by atoms with Crippen molar-refractivity contribution >= 4 is 11.9 Å². The summed E-state index contributed by atoms with van der Waals surface area (Å²) >= 11 is 0. The first kappa shape index (κ1) is 9.10. The summed E-state index contributed by atoms with van der Waals surface area (Å²) < 4.78 is 5.58. The minimum atomic E-state index is -0.732. The standard InChI is InChI=1S/C5H6N4O4/c1-4(10)13-3-8-2-6-5(7-8)9(11)12/h2H,3H2,1H3. The molecule has 0 fully saturated rings. The van der Waals surface area contributed by atoms with Gasteiger partial charge in [-0.3, -0.25) is 4.79 Å². The average Bonchev–Trinajstić information content (AvgIpc) is 2.48. The van der Waals surface area contributed by atoms with Crippen molar-refractivity contribution in [3.8, 4) is 0 Å². The Bertz CT molecular complexity index is 333. The normalized spacial score (nSPS) is 9.62. The van der Waals surface area contributed by atoms with E-state index in [1.165, 1.54) is 6.92 Å². The lowest BCUT2D eigenvalue weighted by molar-refractivity contribution is -0.394. The van der Waals surface area contributed by atoms with Gasteiger partial charge in [0.1, 0.15) is 0 Å². The Balaban J connectivity index is 2.59. The SMILES string of the molecule is CC(=O)OCn1cnc([N+](=O)[O-])n1. The Labute approximate surface area is 72.3 Å². The van der Waals surface area contributed by atoms with E-state index in [1.54, 1.807) is 0 Å². The summed E-state index contributed by atoms with van der Waals surface area (Å²) in [4.78, 5) is 23.1. The van der Waals surface area contributed by atoms with Gasteiger partial charge in [0.05, 0.1) is 0 Å². The van der Waals surface area contributed by atoms with Crippen LogP contribution in [0.4, 0.5) is 5.95 Å². The minimum absolute atomic E-state index is 0.170. The molecule has 1 heterocycles. The molecule has 8 heteroatoms. The number of rotatable bonds is 3. The number of hydrogen-bond acceptors (Lipinski definition) is 6. The Kier molecular flexibility index (Phi) is 2.52. The second-order valence-corrected chi connectivity index (χ2v) is 2.11. The van der Waals surface area contributed by atoms with Crippen molar-refractivity contribution in [2.24, 2.45) is 0 Å². The maximum Gasteiger partial charge on any atom is 0.491 e. The molecule has 0 aromatic carbocycles. The highest BCUT2D eigenvalue weighted by Crippen LogP contribution is 1.99. The molecule has 0 amide bonds. The van der Waals surface area contributed by atoms with E-state index < -0.39 is 16.8 Å². The number of carbonyl (C=O) groups excluding carboxylic acids is 1. The van der Waals surface area contributed by atoms with E-state index >= 15 is 0 Å². The fourth-order valence-corrected chi connectivity index (χ4v) is 0.588. The van der Waals surface area contributed by atoms with Crippen LogP contribution in [0.15, 0.2) is 6.33 Å². The van der Waals surface area contributed by atoms with E-state index in [4.69, 9.17) is 0 Å². The number of carbonyl (C=O) groups is 1. The molecule has 1 rings (SSSR count). The second-order valence-electron chi connectivity index (χ2n) is 2.11. The van der Waals surface area contributed by atoms with Crippen molar-refractivity contribution in [1.82, 2.24) is 14.8 Å². The maximum absolute atomic E-state index is 10.3. The van der Waals surface area contributed by atoms with Crippen LogP contribution in [-0.4, -0.2) is 25.7 Å². The van der Waals surface area contributed by atoms with Crippen molar-refractivity contribution in [1.29, 1.82) is 0 Å². The van der Waals surface area contributed by atoms with Crippen molar-refractivity contribution < 1.29 is 14.5 Å². The quantitative estimate of drug-likeness (QED) is 0.365. The number of nitro groups is 1. The van der Waals surface area contributed by atoms with E-state index in [2.05, 4.69) is 14.8 Å². The third kappa shape index (κ3) is 2.51. The predicted molar refractivity (Wildman–Crippen MR) is 38.4 cm³/mol. The fourth-order valence-electron chi connectivity index (χ4n) is 0.588. The molecule has 0 spiro atoms. The van der Waals surface area contributed by atoms with Gasteiger partial charge in [-0.15, -0.1) is 4.68 Å². The highest BCUT2D eigenvalue weighted by atomic mass is 16.6. The minimum Gasteiger partial charge on any atom is -0.441 e. The van der Waals surface area contributed by atoms with Gasteiger partial charge in [0.2, 0.25) is 6.33 Å². The van der Waals surface area contributed by atoms with Crippen molar-refractivity contribution in [3.63, 3.8) is 0 Å². The van der Waals surface area contributed by atoms with Gasteiger partial charge in [-0.25, -0.2) is 0 Å². The summed E-state index contributed by atoms with van der Waals surface area (Å²) in [5.74, 6) is -1.01. The topological polar surface area (TPSA) is 100 Å². The van der Waals surface area contributed by atoms with Crippen LogP contribution in [0.25, 0.3) is 0 Å². The molecule has 0 N–H and O–H groups in total. The molecule has 0 aliphatic rings. The van der Waals surface area contributed by atoms with Crippen LogP contribution in [0.2, 0.25) is 0 Å². The Morgan fingerprint density at radius 1 is 1.85 bits per heavy atom. The largest absolute Gasteiger partial charge is 0.491 e. The molecule has 0 aliphatic carbocycles. The number of hydrogen-bond donors (Lipinski definition) is 0. The summed E-state index contributed by atoms with van der Waals surface area (Å²) in [6, 6.07) is 0. The monoisotopic (exact) mass is 186 g/mol. The molecule has 8 nitrogen and oxygen atoms in total. The molecular formula is C5H6N4O4. The molecule has 0 saturated carbocycles. The second kappa shape index (κ2) is 3.61. The number of ether oxygens (including phenoxy) is 1. The number of esters is 1. The lowest BCUT2D eigenvalue weighted by Crippen LogP contribution is -2.06. The molecule has 0 radical (unpaired) electrons. The highest BCUT2D eigenvalue weighted by Gasteiger charge is 2.12. The van der Waals surface area contributed by atoms with Crippen molar-refractivity contribution in [3.05, 3.63) is 16.4 Å². The number of nitrogens with zero attached hydrogens (tertiary/aromatic N) is 4. The van der Waals surface area contributed by atoms with Crippen LogP contribution in [0.5, 0.6) is 0 Å². The molecular weight excluding hydrogens is 180 g/mol. The third-order valence-electron chi connectivity index (χ3n) is 1.09. The third-order valence-corrected chi connectivity index (χ3v) is 1.09. The van der Waals surface area contributed by atoms with Crippen LogP contribution in [0.1, 0.15) is 6.92 Å². The van der Waals surface area contributed by atoms with Crippen LogP contribution in [-0.2, 0) is 16.3 Å². The molecule has 1 aromatic heterocycles. The molecule has 0 unspecified atom stereocenters. The summed E-state index contributed by atoms with van der Waals surface area (Å²) in [5, 5.41) is 13.5. The lowest BCUT2D eigenvalue weighted by atomic mass is 10.8. The number of aromatic nitrogens is 3. The summed E-state index contributed by atoms with van der Waals surface area (Å²) in [6.45, 7) is 1.06. The molecule has 0 aliphatic heterocycles. The van der Waals surface area contributed by atoms with Gasteiger partial charge in [-0.2, -0.15) is 0 Å². The maximum atomic E-state index is 10.3. The zero-order chi connectivity index (χ0) is 9.84. The lowest BCUT2D eigenvalue weighted by Gasteiger charge is -1.95. The zero-order valence-electron chi connectivity index (χ0n) is 6.71. The van der Waals surface area contributed by atoms with Gasteiger partial charge in [0.15, 0.2) is 6.73 Å². The first-order chi connectivity index (χ1) is 6.09. The summed E-state index contributed by atoms with van der Waals surface area (Å²) in [5.41, 5.74) is 0. The first-order valence-corrected chi connectivity index (χ1v) is 3.27. The Hall–Kier alpha value is -1.99. The van der Waals surface area contributed by atoms with E-state index in [1.807, 2.05) is 0 Å². The van der Waals surface area contributed by atoms with Crippen molar-refractivity contribution in [2.45, 2.75) is 13.7 Å². The Morgan fingerprint density at radius 2 is 2.54 bits per heavy atom. The summed E-state index contributed by atoms with van der Waals surface area (Å²) in [7, 11) is 0. The molecule has 1 aromatic rings. The molecule has 13 heavy (non-hydrogen) atoms. The summed E-state index contributed by atoms with van der Waals surface area (Å²) in [6.07, 6.45) is 1.11. The Morgan fingerprint density at radius 3 is 3.00 bits per heavy atom. The highest BCUT2D eigenvalue weighted by molar-refractivity contribution is 5.65. The van der Waals surface area contributed by atoms with E-state index in [0.717, 1.165) is 11.0 Å². The first-order valence-electron chi connectivity index (χ1n) is 3.27. The van der Waals surface area contributed by atoms with Gasteiger partial charge in [-0.05, 0) is 4.92 Å². The van der Waals surface area contributed by atoms with Crippen LogP contribution < -0.4 is 0 Å². The fraction of sp³-hybridized carbons (Fsp3) is 0.400. The molecule has 0 saturated heterocycles. The van der Waals surface area contributed by atoms with Gasteiger partial charge in [0.25, 0.3) is 0 Å². The van der Waals surface area contributed by atoms with Crippen LogP contribution >= 0.6 is 0 Å². The van der Waals surface area contributed by atoms with E-state index in [0.29, 0.717) is 0 Å². The average molecular weight is 186 g/mol.